The van der Waals surface area contributed by atoms with Gasteiger partial charge in [0.25, 0.3) is 5.22 Å². The SMILES string of the molecule is Cc1ccccc1-c1nnc(SCC(=O)Nc2ccncc2)o1. The molecule has 116 valence electrons. The Morgan fingerprint density at radius 2 is 1.96 bits per heavy atom. The predicted octanol–water partition coefficient (Wildman–Crippen LogP) is 3.17. The second-order valence-electron chi connectivity index (χ2n) is 4.76. The number of hydrogen-bond acceptors (Lipinski definition) is 6. The predicted molar refractivity (Wildman–Crippen MR) is 88.1 cm³/mol. The standard InChI is InChI=1S/C16H14N4O2S/c1-11-4-2-3-5-13(11)15-19-20-16(22-15)23-10-14(21)18-12-6-8-17-9-7-12/h2-9H,10H2,1H3,(H,17,18,21). The number of thioether (sulfide) groups is 1. The Labute approximate surface area is 137 Å². The quantitative estimate of drug-likeness (QED) is 0.725. The number of carbonyl (C=O) groups excluding carboxylic acids is 1. The van der Waals surface area contributed by atoms with Gasteiger partial charge in [0.1, 0.15) is 0 Å². The van der Waals surface area contributed by atoms with Gasteiger partial charge in [-0.15, -0.1) is 10.2 Å². The maximum atomic E-state index is 11.9. The third kappa shape index (κ3) is 3.95. The molecule has 23 heavy (non-hydrogen) atoms. The number of rotatable bonds is 5. The monoisotopic (exact) mass is 326 g/mol. The van der Waals surface area contributed by atoms with Crippen molar-refractivity contribution in [3.05, 3.63) is 54.4 Å². The Morgan fingerprint density at radius 1 is 1.17 bits per heavy atom. The number of carbonyl (C=O) groups is 1. The van der Waals surface area contributed by atoms with Crippen LogP contribution in [-0.2, 0) is 4.79 Å². The molecule has 3 rings (SSSR count). The van der Waals surface area contributed by atoms with E-state index in [9.17, 15) is 4.79 Å². The van der Waals surface area contributed by atoms with E-state index in [1.165, 1.54) is 11.8 Å². The lowest BCUT2D eigenvalue weighted by molar-refractivity contribution is -0.113. The number of amides is 1. The van der Waals surface area contributed by atoms with E-state index >= 15 is 0 Å². The first kappa shape index (κ1) is 15.2. The molecule has 1 N–H and O–H groups in total. The molecule has 1 amide bonds. The second-order valence-corrected chi connectivity index (χ2v) is 5.69. The highest BCUT2D eigenvalue weighted by Gasteiger charge is 2.12. The van der Waals surface area contributed by atoms with Crippen LogP contribution in [0.15, 0.2) is 58.4 Å². The van der Waals surface area contributed by atoms with Gasteiger partial charge in [-0.2, -0.15) is 0 Å². The van der Waals surface area contributed by atoms with Gasteiger partial charge in [-0.1, -0.05) is 30.0 Å². The Bertz CT molecular complexity index is 805. The fourth-order valence-corrected chi connectivity index (χ4v) is 2.51. The topological polar surface area (TPSA) is 80.9 Å². The van der Waals surface area contributed by atoms with Crippen molar-refractivity contribution in [3.8, 4) is 11.5 Å². The fourth-order valence-electron chi connectivity index (χ4n) is 1.95. The summed E-state index contributed by atoms with van der Waals surface area (Å²) in [4.78, 5) is 15.8. The molecule has 0 saturated carbocycles. The summed E-state index contributed by atoms with van der Waals surface area (Å²) in [6, 6.07) is 11.2. The molecule has 0 saturated heterocycles. The molecule has 0 aliphatic rings. The van der Waals surface area contributed by atoms with E-state index in [1.54, 1.807) is 24.5 Å². The van der Waals surface area contributed by atoms with Gasteiger partial charge in [0.15, 0.2) is 0 Å². The molecular formula is C16H14N4O2S. The van der Waals surface area contributed by atoms with Gasteiger partial charge in [0.2, 0.25) is 11.8 Å². The van der Waals surface area contributed by atoms with E-state index in [-0.39, 0.29) is 11.7 Å². The third-order valence-corrected chi connectivity index (χ3v) is 3.89. The molecule has 3 aromatic rings. The van der Waals surface area contributed by atoms with Crippen LogP contribution in [0.1, 0.15) is 5.56 Å². The molecule has 0 bridgehead atoms. The van der Waals surface area contributed by atoms with Crippen molar-refractivity contribution in [2.45, 2.75) is 12.1 Å². The molecule has 2 aromatic heterocycles. The first-order valence-electron chi connectivity index (χ1n) is 6.94. The summed E-state index contributed by atoms with van der Waals surface area (Å²) in [6.07, 6.45) is 3.24. The van der Waals surface area contributed by atoms with Gasteiger partial charge in [0.05, 0.1) is 5.75 Å². The molecule has 0 atom stereocenters. The summed E-state index contributed by atoms with van der Waals surface area (Å²) in [6.45, 7) is 1.98. The van der Waals surface area contributed by atoms with Crippen LogP contribution in [0.4, 0.5) is 5.69 Å². The minimum atomic E-state index is -0.142. The van der Waals surface area contributed by atoms with Gasteiger partial charge in [-0.3, -0.25) is 9.78 Å². The first-order valence-corrected chi connectivity index (χ1v) is 7.93. The second kappa shape index (κ2) is 7.06. The average Bonchev–Trinajstić information content (AvgIpc) is 3.03. The lowest BCUT2D eigenvalue weighted by Gasteiger charge is -2.02. The molecule has 7 heteroatoms. The van der Waals surface area contributed by atoms with E-state index in [2.05, 4.69) is 20.5 Å². The van der Waals surface area contributed by atoms with E-state index in [0.29, 0.717) is 16.8 Å². The molecule has 0 radical (unpaired) electrons. The van der Waals surface area contributed by atoms with Gasteiger partial charge in [-0.05, 0) is 30.7 Å². The van der Waals surface area contributed by atoms with Crippen molar-refractivity contribution in [2.75, 3.05) is 11.1 Å². The zero-order valence-electron chi connectivity index (χ0n) is 12.4. The Kier molecular flexibility index (Phi) is 4.68. The number of benzene rings is 1. The minimum absolute atomic E-state index is 0.142. The Hall–Kier alpha value is -2.67. The highest BCUT2D eigenvalue weighted by Crippen LogP contribution is 2.25. The molecular weight excluding hydrogens is 312 g/mol. The average molecular weight is 326 g/mol. The Balaban J connectivity index is 1.59. The third-order valence-electron chi connectivity index (χ3n) is 3.07. The van der Waals surface area contributed by atoms with Crippen LogP contribution in [0.3, 0.4) is 0 Å². The zero-order valence-corrected chi connectivity index (χ0v) is 13.2. The van der Waals surface area contributed by atoms with Crippen molar-refractivity contribution in [1.29, 1.82) is 0 Å². The lowest BCUT2D eigenvalue weighted by atomic mass is 10.1. The van der Waals surface area contributed by atoms with Gasteiger partial charge < -0.3 is 9.73 Å². The molecule has 6 nitrogen and oxygen atoms in total. The fraction of sp³-hybridized carbons (Fsp3) is 0.125. The summed E-state index contributed by atoms with van der Waals surface area (Å²) < 4.78 is 5.60. The largest absolute Gasteiger partial charge is 0.411 e. The summed E-state index contributed by atoms with van der Waals surface area (Å²) in [7, 11) is 0. The molecule has 1 aromatic carbocycles. The van der Waals surface area contributed by atoms with Crippen molar-refractivity contribution < 1.29 is 9.21 Å². The number of aryl methyl sites for hydroxylation is 1. The van der Waals surface area contributed by atoms with Crippen LogP contribution in [0, 0.1) is 6.92 Å². The van der Waals surface area contributed by atoms with Crippen LogP contribution < -0.4 is 5.32 Å². The van der Waals surface area contributed by atoms with Crippen LogP contribution in [0.25, 0.3) is 11.5 Å². The number of nitrogens with one attached hydrogen (secondary N) is 1. The summed E-state index contributed by atoms with van der Waals surface area (Å²) in [5.41, 5.74) is 2.66. The summed E-state index contributed by atoms with van der Waals surface area (Å²) in [5, 5.41) is 11.1. The van der Waals surface area contributed by atoms with Crippen LogP contribution in [-0.4, -0.2) is 26.8 Å². The van der Waals surface area contributed by atoms with E-state index in [0.717, 1.165) is 11.1 Å². The highest BCUT2D eigenvalue weighted by molar-refractivity contribution is 7.99. The normalized spacial score (nSPS) is 10.5. The summed E-state index contributed by atoms with van der Waals surface area (Å²) >= 11 is 1.20. The van der Waals surface area contributed by atoms with Crippen LogP contribution in [0.2, 0.25) is 0 Å². The molecule has 2 heterocycles. The number of hydrogen-bond donors (Lipinski definition) is 1. The van der Waals surface area contributed by atoms with E-state index in [4.69, 9.17) is 4.42 Å². The van der Waals surface area contributed by atoms with Crippen molar-refractivity contribution >= 4 is 23.4 Å². The van der Waals surface area contributed by atoms with Gasteiger partial charge in [0, 0.05) is 23.6 Å². The van der Waals surface area contributed by atoms with Crippen molar-refractivity contribution in [1.82, 2.24) is 15.2 Å². The van der Waals surface area contributed by atoms with Crippen molar-refractivity contribution in [3.63, 3.8) is 0 Å². The molecule has 0 fully saturated rings. The maximum absolute atomic E-state index is 11.9. The number of nitrogens with zero attached hydrogens (tertiary/aromatic N) is 3. The smallest absolute Gasteiger partial charge is 0.277 e. The van der Waals surface area contributed by atoms with Crippen LogP contribution in [0.5, 0.6) is 0 Å². The first-order chi connectivity index (χ1) is 11.2. The van der Waals surface area contributed by atoms with E-state index < -0.39 is 0 Å². The Morgan fingerprint density at radius 3 is 2.74 bits per heavy atom. The molecule has 0 unspecified atom stereocenters. The highest BCUT2D eigenvalue weighted by atomic mass is 32.2. The van der Waals surface area contributed by atoms with Crippen LogP contribution >= 0.6 is 11.8 Å². The summed E-state index contributed by atoms with van der Waals surface area (Å²) in [5.74, 6) is 0.509. The van der Waals surface area contributed by atoms with E-state index in [1.807, 2.05) is 31.2 Å². The number of aromatic nitrogens is 3. The van der Waals surface area contributed by atoms with Gasteiger partial charge in [-0.25, -0.2) is 0 Å². The number of anilines is 1. The number of pyridine rings is 1. The van der Waals surface area contributed by atoms with Gasteiger partial charge >= 0.3 is 0 Å². The maximum Gasteiger partial charge on any atom is 0.277 e. The molecule has 0 aliphatic heterocycles. The zero-order chi connectivity index (χ0) is 16.1. The minimum Gasteiger partial charge on any atom is -0.411 e. The molecule has 0 spiro atoms. The van der Waals surface area contributed by atoms with Crippen molar-refractivity contribution in [2.24, 2.45) is 0 Å². The lowest BCUT2D eigenvalue weighted by Crippen LogP contribution is -2.13. The molecule has 0 aliphatic carbocycles.